The average Bonchev–Trinajstić information content (AvgIpc) is 2.35. The average molecular weight is 244 g/mol. The third-order valence-electron chi connectivity index (χ3n) is 2.48. The minimum atomic E-state index is -0.405. The van der Waals surface area contributed by atoms with E-state index in [4.69, 9.17) is 4.74 Å². The van der Waals surface area contributed by atoms with Crippen LogP contribution in [0.2, 0.25) is 0 Å². The molecule has 2 rings (SSSR count). The van der Waals surface area contributed by atoms with Crippen molar-refractivity contribution in [2.45, 2.75) is 26.5 Å². The number of hydrogen-bond acceptors (Lipinski definition) is 3. The lowest BCUT2D eigenvalue weighted by molar-refractivity contribution is 0.115. The van der Waals surface area contributed by atoms with Crippen LogP contribution in [0.1, 0.15) is 19.4 Å². The van der Waals surface area contributed by atoms with Gasteiger partial charge in [-0.15, -0.1) is 0 Å². The summed E-state index contributed by atoms with van der Waals surface area (Å²) in [7, 11) is 0. The monoisotopic (exact) mass is 244 g/mol. The summed E-state index contributed by atoms with van der Waals surface area (Å²) in [5.41, 5.74) is 1.89. The van der Waals surface area contributed by atoms with Gasteiger partial charge in [-0.25, -0.2) is 4.79 Å². The summed E-state index contributed by atoms with van der Waals surface area (Å²) in [6.45, 7) is 4.05. The van der Waals surface area contributed by atoms with Gasteiger partial charge in [-0.05, 0) is 25.5 Å². The van der Waals surface area contributed by atoms with Crippen LogP contribution in [-0.2, 0) is 11.3 Å². The van der Waals surface area contributed by atoms with Crippen LogP contribution in [0.4, 0.5) is 4.79 Å². The maximum absolute atomic E-state index is 11.4. The number of benzene rings is 1. The molecule has 0 spiro atoms. The van der Waals surface area contributed by atoms with E-state index < -0.39 is 6.09 Å². The molecule has 0 saturated carbocycles. The van der Waals surface area contributed by atoms with Crippen LogP contribution >= 0.6 is 0 Å². The Morgan fingerprint density at radius 1 is 1.33 bits per heavy atom. The van der Waals surface area contributed by atoms with Gasteiger partial charge < -0.3 is 10.1 Å². The Balaban J connectivity index is 2.10. The fourth-order valence-electron chi connectivity index (χ4n) is 1.73. The first-order valence-corrected chi connectivity index (χ1v) is 5.94. The van der Waals surface area contributed by atoms with Crippen LogP contribution in [0.5, 0.6) is 0 Å². The standard InChI is InChI=1S/C14H16N2O2/c1-10(2)18-14(17)16-9-12-6-3-5-11-7-4-8-15-13(11)12/h3-8,10H,9H2,1-2H3,(H,16,17). The Labute approximate surface area is 106 Å². The van der Waals surface area contributed by atoms with Gasteiger partial charge in [-0.3, -0.25) is 4.98 Å². The number of ether oxygens (including phenoxy) is 1. The summed E-state index contributed by atoms with van der Waals surface area (Å²) in [6.07, 6.45) is 1.23. The highest BCUT2D eigenvalue weighted by atomic mass is 16.6. The van der Waals surface area contributed by atoms with Crippen LogP contribution < -0.4 is 5.32 Å². The number of fused-ring (bicyclic) bond motifs is 1. The van der Waals surface area contributed by atoms with E-state index >= 15 is 0 Å². The van der Waals surface area contributed by atoms with Crippen LogP contribution in [0, 0.1) is 0 Å². The predicted molar refractivity (Wildman–Crippen MR) is 70.2 cm³/mol. The molecule has 1 heterocycles. The molecule has 18 heavy (non-hydrogen) atoms. The van der Waals surface area contributed by atoms with E-state index in [2.05, 4.69) is 10.3 Å². The number of rotatable bonds is 3. The summed E-state index contributed by atoms with van der Waals surface area (Å²) in [6, 6.07) is 9.79. The van der Waals surface area contributed by atoms with Gasteiger partial charge in [0.05, 0.1) is 11.6 Å². The number of nitrogens with one attached hydrogen (secondary N) is 1. The van der Waals surface area contributed by atoms with Gasteiger partial charge in [0.1, 0.15) is 0 Å². The topological polar surface area (TPSA) is 51.2 Å². The first-order valence-electron chi connectivity index (χ1n) is 5.94. The van der Waals surface area contributed by atoms with Crippen LogP contribution in [0.3, 0.4) is 0 Å². The molecule has 0 fully saturated rings. The highest BCUT2D eigenvalue weighted by molar-refractivity contribution is 5.81. The number of hydrogen-bond donors (Lipinski definition) is 1. The van der Waals surface area contributed by atoms with E-state index in [0.29, 0.717) is 6.54 Å². The molecule has 1 amide bonds. The summed E-state index contributed by atoms with van der Waals surface area (Å²) in [5, 5.41) is 3.79. The summed E-state index contributed by atoms with van der Waals surface area (Å²) in [4.78, 5) is 15.7. The van der Waals surface area contributed by atoms with Crippen molar-refractivity contribution in [1.29, 1.82) is 0 Å². The van der Waals surface area contributed by atoms with Crippen molar-refractivity contribution in [1.82, 2.24) is 10.3 Å². The zero-order chi connectivity index (χ0) is 13.0. The zero-order valence-electron chi connectivity index (χ0n) is 10.5. The van der Waals surface area contributed by atoms with Crippen LogP contribution in [0.15, 0.2) is 36.5 Å². The Kier molecular flexibility index (Phi) is 3.77. The van der Waals surface area contributed by atoms with Gasteiger partial charge in [0.2, 0.25) is 0 Å². The molecular formula is C14H16N2O2. The maximum atomic E-state index is 11.4. The molecule has 0 aliphatic heterocycles. The van der Waals surface area contributed by atoms with Crippen molar-refractivity contribution in [3.05, 3.63) is 42.1 Å². The van der Waals surface area contributed by atoms with Crippen molar-refractivity contribution in [2.75, 3.05) is 0 Å². The van der Waals surface area contributed by atoms with E-state index in [1.54, 1.807) is 6.20 Å². The van der Waals surface area contributed by atoms with Crippen molar-refractivity contribution in [2.24, 2.45) is 0 Å². The lowest BCUT2D eigenvalue weighted by Gasteiger charge is -2.10. The smallest absolute Gasteiger partial charge is 0.407 e. The van der Waals surface area contributed by atoms with E-state index in [0.717, 1.165) is 16.5 Å². The molecule has 4 nitrogen and oxygen atoms in total. The highest BCUT2D eigenvalue weighted by Crippen LogP contribution is 2.15. The lowest BCUT2D eigenvalue weighted by Crippen LogP contribution is -2.26. The molecule has 1 aromatic heterocycles. The number of pyridine rings is 1. The van der Waals surface area contributed by atoms with Gasteiger partial charge in [0.25, 0.3) is 0 Å². The summed E-state index contributed by atoms with van der Waals surface area (Å²) in [5.74, 6) is 0. The van der Waals surface area contributed by atoms with Gasteiger partial charge >= 0.3 is 6.09 Å². The maximum Gasteiger partial charge on any atom is 0.407 e. The number of amides is 1. The number of alkyl carbamates (subject to hydrolysis) is 1. The lowest BCUT2D eigenvalue weighted by atomic mass is 10.1. The second-order valence-electron chi connectivity index (χ2n) is 4.30. The first kappa shape index (κ1) is 12.4. The van der Waals surface area contributed by atoms with E-state index in [1.807, 2.05) is 44.2 Å². The van der Waals surface area contributed by atoms with E-state index in [1.165, 1.54) is 0 Å². The normalized spacial score (nSPS) is 10.6. The summed E-state index contributed by atoms with van der Waals surface area (Å²) < 4.78 is 5.01. The number of nitrogens with zero attached hydrogens (tertiary/aromatic N) is 1. The Morgan fingerprint density at radius 2 is 2.11 bits per heavy atom. The van der Waals surface area contributed by atoms with Crippen molar-refractivity contribution in [3.63, 3.8) is 0 Å². The number of aromatic nitrogens is 1. The minimum Gasteiger partial charge on any atom is -0.447 e. The Bertz CT molecular complexity index is 547. The Hall–Kier alpha value is -2.10. The summed E-state index contributed by atoms with van der Waals surface area (Å²) >= 11 is 0. The number of para-hydroxylation sites is 1. The van der Waals surface area contributed by atoms with E-state index in [-0.39, 0.29) is 6.10 Å². The molecule has 0 saturated heterocycles. The molecule has 4 heteroatoms. The molecule has 0 radical (unpaired) electrons. The molecule has 1 aromatic carbocycles. The number of carbonyl (C=O) groups is 1. The van der Waals surface area contributed by atoms with Crippen molar-refractivity contribution < 1.29 is 9.53 Å². The minimum absolute atomic E-state index is 0.115. The Morgan fingerprint density at radius 3 is 2.89 bits per heavy atom. The third kappa shape index (κ3) is 2.97. The largest absolute Gasteiger partial charge is 0.447 e. The molecule has 0 bridgehead atoms. The second kappa shape index (κ2) is 5.49. The van der Waals surface area contributed by atoms with Crippen LogP contribution in [-0.4, -0.2) is 17.2 Å². The highest BCUT2D eigenvalue weighted by Gasteiger charge is 2.06. The van der Waals surface area contributed by atoms with Gasteiger partial charge in [0, 0.05) is 18.1 Å². The molecule has 0 aliphatic rings. The molecule has 0 unspecified atom stereocenters. The van der Waals surface area contributed by atoms with Gasteiger partial charge in [-0.2, -0.15) is 0 Å². The molecule has 0 atom stereocenters. The third-order valence-corrected chi connectivity index (χ3v) is 2.48. The molecule has 2 aromatic rings. The van der Waals surface area contributed by atoms with Gasteiger partial charge in [-0.1, -0.05) is 24.3 Å². The second-order valence-corrected chi connectivity index (χ2v) is 4.30. The quantitative estimate of drug-likeness (QED) is 0.903. The predicted octanol–water partition coefficient (Wildman–Crippen LogP) is 2.87. The van der Waals surface area contributed by atoms with Crippen molar-refractivity contribution >= 4 is 17.0 Å². The SMILES string of the molecule is CC(C)OC(=O)NCc1cccc2cccnc12. The first-order chi connectivity index (χ1) is 8.66. The molecule has 94 valence electrons. The van der Waals surface area contributed by atoms with Crippen LogP contribution in [0.25, 0.3) is 10.9 Å². The number of carbonyl (C=O) groups excluding carboxylic acids is 1. The molecule has 1 N–H and O–H groups in total. The van der Waals surface area contributed by atoms with Gasteiger partial charge in [0.15, 0.2) is 0 Å². The van der Waals surface area contributed by atoms with Crippen molar-refractivity contribution in [3.8, 4) is 0 Å². The zero-order valence-corrected chi connectivity index (χ0v) is 10.5. The fraction of sp³-hybridized carbons (Fsp3) is 0.286. The molecule has 0 aliphatic carbocycles. The fourth-order valence-corrected chi connectivity index (χ4v) is 1.73. The van der Waals surface area contributed by atoms with E-state index in [9.17, 15) is 4.79 Å². The molecular weight excluding hydrogens is 228 g/mol.